The van der Waals surface area contributed by atoms with Gasteiger partial charge in [0.15, 0.2) is 10.9 Å². The average Bonchev–Trinajstić information content (AvgIpc) is 2.98. The monoisotopic (exact) mass is 384 g/mol. The van der Waals surface area contributed by atoms with Gasteiger partial charge in [0.1, 0.15) is 12.3 Å². The van der Waals surface area contributed by atoms with E-state index in [-0.39, 0.29) is 6.54 Å². The van der Waals surface area contributed by atoms with Crippen LogP contribution >= 0.6 is 11.3 Å². The van der Waals surface area contributed by atoms with Crippen LogP contribution in [0.5, 0.6) is 5.75 Å². The van der Waals surface area contributed by atoms with E-state index in [0.29, 0.717) is 10.6 Å². The highest BCUT2D eigenvalue weighted by atomic mass is 32.1. The zero-order valence-corrected chi connectivity index (χ0v) is 16.2. The van der Waals surface area contributed by atoms with Gasteiger partial charge in [0.05, 0.1) is 17.3 Å². The fourth-order valence-corrected chi connectivity index (χ4v) is 3.68. The number of rotatable bonds is 5. The Hall–Kier alpha value is -2.93. The number of thiazole rings is 1. The van der Waals surface area contributed by atoms with Crippen molar-refractivity contribution in [2.75, 3.05) is 7.11 Å². The molecular formula is C20H20N2O4S. The highest BCUT2D eigenvalue weighted by Gasteiger charge is 2.16. The zero-order chi connectivity index (χ0) is 19.4. The van der Waals surface area contributed by atoms with E-state index >= 15 is 0 Å². The van der Waals surface area contributed by atoms with Crippen LogP contribution in [0.4, 0.5) is 0 Å². The molecule has 7 heteroatoms. The quantitative estimate of drug-likeness (QED) is 0.634. The molecule has 0 saturated heterocycles. The molecule has 3 rings (SSSR count). The molecule has 2 aromatic carbocycles. The first-order chi connectivity index (χ1) is 13.0. The number of ether oxygens (including phenoxy) is 2. The first kappa shape index (κ1) is 18.8. The number of carbonyl (C=O) groups is 2. The number of carbonyl (C=O) groups excluding carboxylic acids is 2. The molecule has 0 saturated carbocycles. The Kier molecular flexibility index (Phi) is 5.71. The molecule has 0 radical (unpaired) electrons. The standard InChI is InChI=1S/C20H20N2O4S/c1-13-9-10-16-17(11-13)27-20(22(16)12-18(23)25-3)21-19(24)14(2)26-15-7-5-4-6-8-15/h4-11,14H,12H2,1-3H3. The van der Waals surface area contributed by atoms with Crippen molar-refractivity contribution in [3.63, 3.8) is 0 Å². The molecule has 140 valence electrons. The molecule has 3 aromatic rings. The SMILES string of the molecule is COC(=O)Cn1c(=NC(=O)C(C)Oc2ccccc2)sc2cc(C)ccc21. The number of para-hydroxylation sites is 1. The van der Waals surface area contributed by atoms with Crippen LogP contribution in [-0.2, 0) is 20.9 Å². The summed E-state index contributed by atoms with van der Waals surface area (Å²) < 4.78 is 13.1. The number of methoxy groups -OCH3 is 1. The van der Waals surface area contributed by atoms with Crippen LogP contribution < -0.4 is 9.54 Å². The van der Waals surface area contributed by atoms with Gasteiger partial charge in [-0.05, 0) is 43.7 Å². The Balaban J connectivity index is 1.97. The van der Waals surface area contributed by atoms with E-state index in [9.17, 15) is 9.59 Å². The molecule has 1 atom stereocenters. The van der Waals surface area contributed by atoms with Crippen LogP contribution in [0.3, 0.4) is 0 Å². The fourth-order valence-electron chi connectivity index (χ4n) is 2.55. The third kappa shape index (κ3) is 4.43. The number of hydrogen-bond acceptors (Lipinski definition) is 5. The summed E-state index contributed by atoms with van der Waals surface area (Å²) in [5.41, 5.74) is 1.92. The highest BCUT2D eigenvalue weighted by Crippen LogP contribution is 2.19. The van der Waals surface area contributed by atoms with Crippen LogP contribution in [0.1, 0.15) is 12.5 Å². The molecule has 1 aromatic heterocycles. The second-order valence-corrected chi connectivity index (χ2v) is 7.05. The maximum atomic E-state index is 12.6. The largest absolute Gasteiger partial charge is 0.481 e. The van der Waals surface area contributed by atoms with E-state index in [1.54, 1.807) is 23.6 Å². The summed E-state index contributed by atoms with van der Waals surface area (Å²) in [6.07, 6.45) is -0.745. The van der Waals surface area contributed by atoms with Gasteiger partial charge < -0.3 is 14.0 Å². The Morgan fingerprint density at radius 2 is 1.93 bits per heavy atom. The number of hydrogen-bond donors (Lipinski definition) is 0. The Bertz CT molecular complexity index is 1040. The molecule has 0 aliphatic rings. The number of fused-ring (bicyclic) bond motifs is 1. The Morgan fingerprint density at radius 1 is 1.19 bits per heavy atom. The minimum Gasteiger partial charge on any atom is -0.481 e. The Morgan fingerprint density at radius 3 is 2.63 bits per heavy atom. The maximum absolute atomic E-state index is 12.6. The van der Waals surface area contributed by atoms with Crippen LogP contribution in [0.15, 0.2) is 53.5 Å². The van der Waals surface area contributed by atoms with Gasteiger partial charge in [0.25, 0.3) is 5.91 Å². The van der Waals surface area contributed by atoms with Gasteiger partial charge in [-0.1, -0.05) is 35.6 Å². The lowest BCUT2D eigenvalue weighted by Gasteiger charge is -2.10. The maximum Gasteiger partial charge on any atom is 0.325 e. The van der Waals surface area contributed by atoms with Crippen molar-refractivity contribution >= 4 is 33.4 Å². The lowest BCUT2D eigenvalue weighted by Crippen LogP contribution is -2.27. The van der Waals surface area contributed by atoms with Gasteiger partial charge in [-0.3, -0.25) is 9.59 Å². The first-order valence-corrected chi connectivity index (χ1v) is 9.26. The molecule has 0 bridgehead atoms. The molecule has 0 fully saturated rings. The number of amides is 1. The van der Waals surface area contributed by atoms with E-state index in [1.165, 1.54) is 18.4 Å². The van der Waals surface area contributed by atoms with Crippen LogP contribution in [0, 0.1) is 6.92 Å². The smallest absolute Gasteiger partial charge is 0.325 e. The lowest BCUT2D eigenvalue weighted by atomic mass is 10.2. The van der Waals surface area contributed by atoms with Gasteiger partial charge in [-0.2, -0.15) is 4.99 Å². The third-order valence-corrected chi connectivity index (χ3v) is 5.00. The second-order valence-electron chi connectivity index (χ2n) is 6.04. The van der Waals surface area contributed by atoms with E-state index < -0.39 is 18.0 Å². The van der Waals surface area contributed by atoms with E-state index in [1.807, 2.05) is 43.3 Å². The summed E-state index contributed by atoms with van der Waals surface area (Å²) >= 11 is 1.35. The van der Waals surface area contributed by atoms with Gasteiger partial charge in [0, 0.05) is 0 Å². The van der Waals surface area contributed by atoms with Crippen LogP contribution in [0.25, 0.3) is 10.2 Å². The zero-order valence-electron chi connectivity index (χ0n) is 15.3. The molecule has 1 unspecified atom stereocenters. The predicted octanol–water partition coefficient (Wildman–Crippen LogP) is 3.08. The van der Waals surface area contributed by atoms with E-state index in [4.69, 9.17) is 9.47 Å². The topological polar surface area (TPSA) is 69.9 Å². The minimum absolute atomic E-state index is 0.0143. The lowest BCUT2D eigenvalue weighted by molar-refractivity contribution is -0.141. The molecule has 1 amide bonds. The number of benzene rings is 2. The molecule has 0 aliphatic carbocycles. The predicted molar refractivity (Wildman–Crippen MR) is 104 cm³/mol. The summed E-state index contributed by atoms with van der Waals surface area (Å²) in [4.78, 5) is 29.0. The number of esters is 1. The van der Waals surface area contributed by atoms with Crippen LogP contribution in [0.2, 0.25) is 0 Å². The summed E-state index contributed by atoms with van der Waals surface area (Å²) in [7, 11) is 1.33. The van der Waals surface area contributed by atoms with Crippen molar-refractivity contribution in [3.05, 3.63) is 58.9 Å². The number of aryl methyl sites for hydroxylation is 1. The third-order valence-electron chi connectivity index (χ3n) is 3.96. The van der Waals surface area contributed by atoms with Crippen molar-refractivity contribution in [2.45, 2.75) is 26.5 Å². The molecule has 6 nitrogen and oxygen atoms in total. The minimum atomic E-state index is -0.745. The second kappa shape index (κ2) is 8.18. The van der Waals surface area contributed by atoms with Crippen molar-refractivity contribution in [1.82, 2.24) is 4.57 Å². The number of aromatic nitrogens is 1. The summed E-state index contributed by atoms with van der Waals surface area (Å²) in [6.45, 7) is 3.63. The summed E-state index contributed by atoms with van der Waals surface area (Å²) in [6, 6.07) is 15.0. The molecule has 0 spiro atoms. The van der Waals surface area contributed by atoms with Gasteiger partial charge >= 0.3 is 5.97 Å². The van der Waals surface area contributed by atoms with Crippen molar-refractivity contribution in [2.24, 2.45) is 4.99 Å². The molecular weight excluding hydrogens is 364 g/mol. The summed E-state index contributed by atoms with van der Waals surface area (Å²) in [5.74, 6) is -0.221. The average molecular weight is 384 g/mol. The van der Waals surface area contributed by atoms with Gasteiger partial charge in [-0.25, -0.2) is 0 Å². The normalized spacial score (nSPS) is 12.8. The highest BCUT2D eigenvalue weighted by molar-refractivity contribution is 7.16. The van der Waals surface area contributed by atoms with E-state index in [2.05, 4.69) is 4.99 Å². The van der Waals surface area contributed by atoms with Crippen molar-refractivity contribution in [3.8, 4) is 5.75 Å². The van der Waals surface area contributed by atoms with E-state index in [0.717, 1.165) is 15.8 Å². The molecule has 0 aliphatic heterocycles. The van der Waals surface area contributed by atoms with Crippen molar-refractivity contribution in [1.29, 1.82) is 0 Å². The summed E-state index contributed by atoms with van der Waals surface area (Å²) in [5, 5.41) is 0. The molecule has 27 heavy (non-hydrogen) atoms. The number of nitrogens with zero attached hydrogens (tertiary/aromatic N) is 2. The van der Waals surface area contributed by atoms with Gasteiger partial charge in [0.2, 0.25) is 0 Å². The Labute approximate surface area is 160 Å². The molecule has 1 heterocycles. The van der Waals surface area contributed by atoms with Crippen molar-refractivity contribution < 1.29 is 19.1 Å². The van der Waals surface area contributed by atoms with Crippen LogP contribution in [-0.4, -0.2) is 29.7 Å². The van der Waals surface area contributed by atoms with Gasteiger partial charge in [-0.15, -0.1) is 0 Å². The fraction of sp³-hybridized carbons (Fsp3) is 0.250. The first-order valence-electron chi connectivity index (χ1n) is 8.45. The molecule has 0 N–H and O–H groups in total.